The lowest BCUT2D eigenvalue weighted by Crippen LogP contribution is -2.24. The Balaban J connectivity index is 2.24. The molecule has 0 bridgehead atoms. The van der Waals surface area contributed by atoms with Crippen LogP contribution in [0.25, 0.3) is 0 Å². The van der Waals surface area contributed by atoms with Gasteiger partial charge in [0.2, 0.25) is 0 Å². The maximum Gasteiger partial charge on any atom is 0.338 e. The van der Waals surface area contributed by atoms with Gasteiger partial charge in [-0.3, -0.25) is 0 Å². The number of hydrogen-bond acceptors (Lipinski definition) is 2. The molecule has 104 valence electrons. The van der Waals surface area contributed by atoms with E-state index < -0.39 is 0 Å². The first kappa shape index (κ1) is 14.3. The van der Waals surface area contributed by atoms with Gasteiger partial charge in [0.05, 0.1) is 5.56 Å². The minimum absolute atomic E-state index is 0.161. The molecule has 0 radical (unpaired) electrons. The molecule has 2 aromatic rings. The van der Waals surface area contributed by atoms with E-state index in [2.05, 4.69) is 20.8 Å². The van der Waals surface area contributed by atoms with Crippen LogP contribution in [-0.2, 0) is 4.74 Å². The fourth-order valence-electron chi connectivity index (χ4n) is 2.12. The monoisotopic (exact) mass is 268 g/mol. The third kappa shape index (κ3) is 3.47. The molecule has 2 aromatic carbocycles. The van der Waals surface area contributed by atoms with Crippen LogP contribution in [0.5, 0.6) is 0 Å². The second-order valence-corrected chi connectivity index (χ2v) is 5.93. The Labute approximate surface area is 120 Å². The van der Waals surface area contributed by atoms with Crippen molar-refractivity contribution in [3.8, 4) is 0 Å². The quantitative estimate of drug-likeness (QED) is 0.758. The lowest BCUT2D eigenvalue weighted by molar-refractivity contribution is -0.00394. The Morgan fingerprint density at radius 2 is 1.40 bits per heavy atom. The number of carbonyl (C=O) groups is 1. The van der Waals surface area contributed by atoms with Gasteiger partial charge in [-0.15, -0.1) is 0 Å². The Hall–Kier alpha value is -2.09. The summed E-state index contributed by atoms with van der Waals surface area (Å²) in [5.74, 6) is -0.283. The number of carbonyl (C=O) groups excluding carboxylic acids is 1. The highest BCUT2D eigenvalue weighted by molar-refractivity contribution is 5.89. The van der Waals surface area contributed by atoms with Crippen molar-refractivity contribution >= 4 is 5.97 Å². The molecule has 0 heterocycles. The van der Waals surface area contributed by atoms with E-state index in [4.69, 9.17) is 4.74 Å². The standard InChI is InChI=1S/C18H20O2/c1-18(2,3)16(14-10-6-4-7-11-14)20-17(19)15-12-8-5-9-13-15/h4-13,16H,1-3H3/t16-/m1/s1. The summed E-state index contributed by atoms with van der Waals surface area (Å²) in [4.78, 5) is 12.3. The fraction of sp³-hybridized carbons (Fsp3) is 0.278. The summed E-state index contributed by atoms with van der Waals surface area (Å²) in [7, 11) is 0. The van der Waals surface area contributed by atoms with E-state index in [-0.39, 0.29) is 17.5 Å². The van der Waals surface area contributed by atoms with E-state index in [1.165, 1.54) is 0 Å². The summed E-state index contributed by atoms with van der Waals surface area (Å²) in [6.07, 6.45) is -0.267. The third-order valence-corrected chi connectivity index (χ3v) is 3.12. The first-order valence-electron chi connectivity index (χ1n) is 6.79. The topological polar surface area (TPSA) is 26.3 Å². The average molecular weight is 268 g/mol. The SMILES string of the molecule is CC(C)(C)[C@H](OC(=O)c1ccccc1)c1ccccc1. The van der Waals surface area contributed by atoms with Crippen LogP contribution < -0.4 is 0 Å². The van der Waals surface area contributed by atoms with Crippen LogP contribution in [0.1, 0.15) is 42.8 Å². The van der Waals surface area contributed by atoms with Crippen molar-refractivity contribution in [2.45, 2.75) is 26.9 Å². The summed E-state index contributed by atoms with van der Waals surface area (Å²) in [6, 6.07) is 19.0. The molecule has 2 rings (SSSR count). The number of rotatable bonds is 3. The number of benzene rings is 2. The average Bonchev–Trinajstić information content (AvgIpc) is 2.45. The molecule has 0 aliphatic heterocycles. The van der Waals surface area contributed by atoms with Gasteiger partial charge in [0, 0.05) is 5.41 Å². The van der Waals surface area contributed by atoms with Gasteiger partial charge in [-0.1, -0.05) is 69.3 Å². The van der Waals surface area contributed by atoms with E-state index in [9.17, 15) is 4.79 Å². The first-order valence-corrected chi connectivity index (χ1v) is 6.79. The minimum Gasteiger partial charge on any atom is -0.453 e. The second-order valence-electron chi connectivity index (χ2n) is 5.93. The first-order chi connectivity index (χ1) is 9.48. The van der Waals surface area contributed by atoms with Gasteiger partial charge in [-0.05, 0) is 17.7 Å². The highest BCUT2D eigenvalue weighted by Gasteiger charge is 2.30. The van der Waals surface area contributed by atoms with Crippen molar-refractivity contribution in [3.63, 3.8) is 0 Å². The highest BCUT2D eigenvalue weighted by Crippen LogP contribution is 2.36. The molecule has 1 atom stereocenters. The van der Waals surface area contributed by atoms with Gasteiger partial charge in [0.1, 0.15) is 6.10 Å². The Morgan fingerprint density at radius 3 is 1.90 bits per heavy atom. The van der Waals surface area contributed by atoms with E-state index in [1.54, 1.807) is 12.1 Å². The van der Waals surface area contributed by atoms with E-state index >= 15 is 0 Å². The van der Waals surface area contributed by atoms with Crippen LogP contribution in [0.15, 0.2) is 60.7 Å². The Bertz CT molecular complexity index is 553. The summed E-state index contributed by atoms with van der Waals surface area (Å²) >= 11 is 0. The molecule has 0 spiro atoms. The molecule has 0 aromatic heterocycles. The summed E-state index contributed by atoms with van der Waals surface area (Å²) in [6.45, 7) is 6.22. The molecule has 0 saturated carbocycles. The molecule has 0 amide bonds. The van der Waals surface area contributed by atoms with Crippen LogP contribution in [0.4, 0.5) is 0 Å². The van der Waals surface area contributed by atoms with E-state index in [1.807, 2.05) is 48.5 Å². The van der Waals surface area contributed by atoms with Crippen LogP contribution in [-0.4, -0.2) is 5.97 Å². The largest absolute Gasteiger partial charge is 0.453 e. The molecule has 0 fully saturated rings. The lowest BCUT2D eigenvalue weighted by Gasteiger charge is -2.30. The maximum absolute atomic E-state index is 12.3. The van der Waals surface area contributed by atoms with Crippen molar-refractivity contribution in [2.24, 2.45) is 5.41 Å². The van der Waals surface area contributed by atoms with Gasteiger partial charge in [0.25, 0.3) is 0 Å². The molecule has 0 saturated heterocycles. The predicted molar refractivity (Wildman–Crippen MR) is 80.5 cm³/mol. The van der Waals surface area contributed by atoms with Gasteiger partial charge in [-0.2, -0.15) is 0 Å². The van der Waals surface area contributed by atoms with Crippen LogP contribution in [0.3, 0.4) is 0 Å². The molecular weight excluding hydrogens is 248 g/mol. The zero-order valence-electron chi connectivity index (χ0n) is 12.2. The minimum atomic E-state index is -0.283. The molecule has 0 aliphatic rings. The molecule has 0 N–H and O–H groups in total. The van der Waals surface area contributed by atoms with Gasteiger partial charge in [-0.25, -0.2) is 4.79 Å². The number of ether oxygens (including phenoxy) is 1. The normalized spacial score (nSPS) is 12.8. The molecule has 0 unspecified atom stereocenters. The molecule has 2 nitrogen and oxygen atoms in total. The van der Waals surface area contributed by atoms with Gasteiger partial charge < -0.3 is 4.74 Å². The zero-order valence-corrected chi connectivity index (χ0v) is 12.2. The Kier molecular flexibility index (Phi) is 4.23. The predicted octanol–water partition coefficient (Wildman–Crippen LogP) is 4.63. The van der Waals surface area contributed by atoms with Crippen LogP contribution >= 0.6 is 0 Å². The molecule has 0 aliphatic carbocycles. The lowest BCUT2D eigenvalue weighted by atomic mass is 9.84. The van der Waals surface area contributed by atoms with Crippen molar-refractivity contribution < 1.29 is 9.53 Å². The third-order valence-electron chi connectivity index (χ3n) is 3.12. The van der Waals surface area contributed by atoms with Crippen LogP contribution in [0.2, 0.25) is 0 Å². The zero-order chi connectivity index (χ0) is 14.6. The van der Waals surface area contributed by atoms with Crippen LogP contribution in [0, 0.1) is 5.41 Å². The fourth-order valence-corrected chi connectivity index (χ4v) is 2.12. The molecular formula is C18H20O2. The van der Waals surface area contributed by atoms with Gasteiger partial charge in [0.15, 0.2) is 0 Å². The molecule has 2 heteroatoms. The number of hydrogen-bond donors (Lipinski definition) is 0. The highest BCUT2D eigenvalue weighted by atomic mass is 16.5. The maximum atomic E-state index is 12.3. The van der Waals surface area contributed by atoms with Gasteiger partial charge >= 0.3 is 5.97 Å². The summed E-state index contributed by atoms with van der Waals surface area (Å²) in [5.41, 5.74) is 1.44. The van der Waals surface area contributed by atoms with E-state index in [0.29, 0.717) is 5.56 Å². The number of esters is 1. The van der Waals surface area contributed by atoms with Crippen molar-refractivity contribution in [3.05, 3.63) is 71.8 Å². The smallest absolute Gasteiger partial charge is 0.338 e. The molecule has 20 heavy (non-hydrogen) atoms. The Morgan fingerprint density at radius 1 is 0.900 bits per heavy atom. The van der Waals surface area contributed by atoms with Crippen molar-refractivity contribution in [2.75, 3.05) is 0 Å². The second kappa shape index (κ2) is 5.91. The summed E-state index contributed by atoms with van der Waals surface area (Å²) in [5, 5.41) is 0. The van der Waals surface area contributed by atoms with E-state index in [0.717, 1.165) is 5.56 Å². The van der Waals surface area contributed by atoms with Crippen molar-refractivity contribution in [1.82, 2.24) is 0 Å². The van der Waals surface area contributed by atoms with Crippen molar-refractivity contribution in [1.29, 1.82) is 0 Å². The summed E-state index contributed by atoms with van der Waals surface area (Å²) < 4.78 is 5.75.